The van der Waals surface area contributed by atoms with Crippen LogP contribution >= 0.6 is 0 Å². The lowest BCUT2D eigenvalue weighted by molar-refractivity contribution is 0.0600. The van der Waals surface area contributed by atoms with Gasteiger partial charge in [0.05, 0.1) is 5.69 Å². The van der Waals surface area contributed by atoms with Crippen molar-refractivity contribution in [3.8, 4) is 12.5 Å². The minimum atomic E-state index is -0.661. The van der Waals surface area contributed by atoms with Crippen molar-refractivity contribution in [3.63, 3.8) is 0 Å². The maximum absolute atomic E-state index is 12.7. The van der Waals surface area contributed by atoms with Crippen LogP contribution in [-0.4, -0.2) is 11.7 Å². The molecule has 1 aromatic rings. The molecule has 1 amide bonds. The van der Waals surface area contributed by atoms with E-state index in [0.717, 1.165) is 4.90 Å². The third-order valence-corrected chi connectivity index (χ3v) is 1.79. The standard InChI is InChI=1S/C13H14FNO2/c1-5-15(12(16)17-13(2,3)4)11-8-6-10(14)7-9-11/h1,6-9H,2-4H3. The van der Waals surface area contributed by atoms with Crippen molar-refractivity contribution < 1.29 is 13.9 Å². The van der Waals surface area contributed by atoms with Crippen molar-refractivity contribution in [2.45, 2.75) is 26.4 Å². The summed E-state index contributed by atoms with van der Waals surface area (Å²) in [5.74, 6) is -0.394. The first-order valence-corrected chi connectivity index (χ1v) is 5.08. The Morgan fingerprint density at radius 3 is 2.29 bits per heavy atom. The van der Waals surface area contributed by atoms with Crippen molar-refractivity contribution in [1.82, 2.24) is 0 Å². The first kappa shape index (κ1) is 13.0. The summed E-state index contributed by atoms with van der Waals surface area (Å²) < 4.78 is 17.9. The van der Waals surface area contributed by atoms with Crippen molar-refractivity contribution in [3.05, 3.63) is 30.1 Å². The quantitative estimate of drug-likeness (QED) is 0.552. The Balaban J connectivity index is 2.90. The maximum Gasteiger partial charge on any atom is 0.426 e. The molecule has 17 heavy (non-hydrogen) atoms. The number of benzene rings is 1. The highest BCUT2D eigenvalue weighted by molar-refractivity contribution is 5.91. The molecule has 0 aliphatic rings. The number of rotatable bonds is 1. The second-order valence-electron chi connectivity index (χ2n) is 4.42. The van der Waals surface area contributed by atoms with Crippen LogP contribution in [0.4, 0.5) is 14.9 Å². The molecule has 0 fully saturated rings. The number of nitrogens with zero attached hydrogens (tertiary/aromatic N) is 1. The fourth-order valence-electron chi connectivity index (χ4n) is 1.13. The van der Waals surface area contributed by atoms with Crippen LogP contribution in [0.15, 0.2) is 24.3 Å². The average molecular weight is 235 g/mol. The molecule has 0 aliphatic carbocycles. The van der Waals surface area contributed by atoms with Gasteiger partial charge in [-0.3, -0.25) is 0 Å². The molecule has 3 nitrogen and oxygen atoms in total. The molecule has 0 saturated heterocycles. The number of halogens is 1. The minimum Gasteiger partial charge on any atom is -0.443 e. The van der Waals surface area contributed by atoms with Crippen LogP contribution in [0.1, 0.15) is 20.8 Å². The summed E-state index contributed by atoms with van der Waals surface area (Å²) in [6, 6.07) is 7.48. The van der Waals surface area contributed by atoms with Gasteiger partial charge in [-0.1, -0.05) is 6.42 Å². The van der Waals surface area contributed by atoms with Gasteiger partial charge in [-0.15, -0.1) is 0 Å². The van der Waals surface area contributed by atoms with E-state index < -0.39 is 17.5 Å². The summed E-state index contributed by atoms with van der Waals surface area (Å²) in [5.41, 5.74) is -0.241. The number of ether oxygens (including phenoxy) is 1. The molecule has 0 bridgehead atoms. The highest BCUT2D eigenvalue weighted by Gasteiger charge is 2.22. The van der Waals surface area contributed by atoms with E-state index in [1.165, 1.54) is 24.3 Å². The summed E-state index contributed by atoms with van der Waals surface area (Å²) in [4.78, 5) is 12.7. The van der Waals surface area contributed by atoms with Gasteiger partial charge in [0.1, 0.15) is 11.4 Å². The van der Waals surface area contributed by atoms with E-state index in [1.807, 2.05) is 0 Å². The van der Waals surface area contributed by atoms with Crippen LogP contribution in [0.3, 0.4) is 0 Å². The summed E-state index contributed by atoms with van der Waals surface area (Å²) >= 11 is 0. The van der Waals surface area contributed by atoms with Crippen molar-refractivity contribution >= 4 is 11.8 Å². The van der Waals surface area contributed by atoms with Gasteiger partial charge in [0.15, 0.2) is 0 Å². The zero-order chi connectivity index (χ0) is 13.1. The van der Waals surface area contributed by atoms with Crippen molar-refractivity contribution in [2.75, 3.05) is 4.90 Å². The molecule has 0 aromatic heterocycles. The Kier molecular flexibility index (Phi) is 3.74. The predicted molar refractivity (Wildman–Crippen MR) is 63.9 cm³/mol. The number of hydrogen-bond acceptors (Lipinski definition) is 2. The Morgan fingerprint density at radius 1 is 1.35 bits per heavy atom. The van der Waals surface area contributed by atoms with Crippen LogP contribution in [0.25, 0.3) is 0 Å². The SMILES string of the molecule is C#CN(C(=O)OC(C)(C)C)c1ccc(F)cc1. The molecule has 90 valence electrons. The van der Waals surface area contributed by atoms with E-state index in [4.69, 9.17) is 11.2 Å². The molecule has 0 heterocycles. The fourth-order valence-corrected chi connectivity index (χ4v) is 1.13. The fraction of sp³-hybridized carbons (Fsp3) is 0.308. The third kappa shape index (κ3) is 3.80. The number of carbonyl (C=O) groups excluding carboxylic acids is 1. The number of hydrogen-bond donors (Lipinski definition) is 0. The highest BCUT2D eigenvalue weighted by atomic mass is 19.1. The molecular weight excluding hydrogens is 221 g/mol. The van der Waals surface area contributed by atoms with Gasteiger partial charge in [-0.05, 0) is 45.0 Å². The van der Waals surface area contributed by atoms with Crippen LogP contribution in [0.5, 0.6) is 0 Å². The van der Waals surface area contributed by atoms with E-state index in [2.05, 4.69) is 6.04 Å². The summed E-state index contributed by atoms with van der Waals surface area (Å²) in [7, 11) is 0. The largest absolute Gasteiger partial charge is 0.443 e. The predicted octanol–water partition coefficient (Wildman–Crippen LogP) is 3.16. The lowest BCUT2D eigenvalue weighted by Crippen LogP contribution is -2.33. The van der Waals surface area contributed by atoms with Crippen LogP contribution in [0, 0.1) is 18.3 Å². The van der Waals surface area contributed by atoms with E-state index in [9.17, 15) is 9.18 Å². The van der Waals surface area contributed by atoms with Gasteiger partial charge in [-0.25, -0.2) is 14.1 Å². The van der Waals surface area contributed by atoms with E-state index in [1.54, 1.807) is 20.8 Å². The molecule has 1 rings (SSSR count). The van der Waals surface area contributed by atoms with Crippen molar-refractivity contribution in [1.29, 1.82) is 0 Å². The molecule has 1 aromatic carbocycles. The maximum atomic E-state index is 12.7. The second-order valence-corrected chi connectivity index (χ2v) is 4.42. The second kappa shape index (κ2) is 4.88. The Morgan fingerprint density at radius 2 is 1.88 bits per heavy atom. The van der Waals surface area contributed by atoms with Gasteiger partial charge in [0, 0.05) is 6.04 Å². The monoisotopic (exact) mass is 235 g/mol. The molecule has 0 aliphatic heterocycles. The number of amides is 1. The van der Waals surface area contributed by atoms with Crippen LogP contribution in [0.2, 0.25) is 0 Å². The molecule has 0 spiro atoms. The van der Waals surface area contributed by atoms with E-state index in [0.29, 0.717) is 5.69 Å². The summed E-state index contributed by atoms with van der Waals surface area (Å²) in [5, 5.41) is 0. The van der Waals surface area contributed by atoms with E-state index in [-0.39, 0.29) is 0 Å². The highest BCUT2D eigenvalue weighted by Crippen LogP contribution is 2.17. The van der Waals surface area contributed by atoms with Gasteiger partial charge >= 0.3 is 6.09 Å². The van der Waals surface area contributed by atoms with Crippen molar-refractivity contribution in [2.24, 2.45) is 0 Å². The molecule has 4 heteroatoms. The lowest BCUT2D eigenvalue weighted by atomic mass is 10.2. The molecule has 0 unspecified atom stereocenters. The van der Waals surface area contributed by atoms with Gasteiger partial charge in [-0.2, -0.15) is 0 Å². The Bertz CT molecular complexity index is 440. The first-order chi connectivity index (χ1) is 7.83. The first-order valence-electron chi connectivity index (χ1n) is 5.08. The lowest BCUT2D eigenvalue weighted by Gasteiger charge is -2.23. The molecule has 0 radical (unpaired) electrons. The molecular formula is C13H14FNO2. The van der Waals surface area contributed by atoms with Gasteiger partial charge in [0.25, 0.3) is 0 Å². The van der Waals surface area contributed by atoms with E-state index >= 15 is 0 Å². The third-order valence-electron chi connectivity index (χ3n) is 1.79. The molecule has 0 N–H and O–H groups in total. The average Bonchev–Trinajstić information content (AvgIpc) is 2.19. The zero-order valence-electron chi connectivity index (χ0n) is 10.0. The van der Waals surface area contributed by atoms with Gasteiger partial charge < -0.3 is 4.74 Å². The Hall–Kier alpha value is -2.02. The smallest absolute Gasteiger partial charge is 0.426 e. The van der Waals surface area contributed by atoms with Crippen LogP contribution < -0.4 is 4.90 Å². The number of terminal acetylenes is 1. The number of carbonyl (C=O) groups is 1. The van der Waals surface area contributed by atoms with Crippen LogP contribution in [-0.2, 0) is 4.74 Å². The van der Waals surface area contributed by atoms with Gasteiger partial charge in [0.2, 0.25) is 0 Å². The summed E-state index contributed by atoms with van der Waals surface area (Å²) in [6.45, 7) is 5.22. The number of anilines is 1. The zero-order valence-corrected chi connectivity index (χ0v) is 10.0. The minimum absolute atomic E-state index is 0.392. The molecule has 0 saturated carbocycles. The normalized spacial score (nSPS) is 10.5. The topological polar surface area (TPSA) is 29.5 Å². The summed E-state index contributed by atoms with van der Waals surface area (Å²) in [6.07, 6.45) is 4.58. The Labute approximate surface area is 100 Å². The molecule has 0 atom stereocenters.